The van der Waals surface area contributed by atoms with Crippen LogP contribution in [0.4, 0.5) is 0 Å². The number of aromatic nitrogens is 1. The molecule has 0 N–H and O–H groups in total. The molecule has 0 amide bonds. The van der Waals surface area contributed by atoms with E-state index in [2.05, 4.69) is 4.98 Å². The minimum absolute atomic E-state index is 0.137. The van der Waals surface area contributed by atoms with Gasteiger partial charge in [-0.2, -0.15) is 0 Å². The number of esters is 1. The molecule has 0 aliphatic carbocycles. The normalized spacial score (nSPS) is 10.4. The van der Waals surface area contributed by atoms with Gasteiger partial charge in [-0.15, -0.1) is 23.1 Å². The number of carbonyl (C=O) groups excluding carboxylic acids is 2. The summed E-state index contributed by atoms with van der Waals surface area (Å²) in [4.78, 5) is 29.2. The van der Waals surface area contributed by atoms with Crippen LogP contribution in [0.5, 0.6) is 0 Å². The third-order valence-electron chi connectivity index (χ3n) is 2.57. The van der Waals surface area contributed by atoms with Crippen LogP contribution in [0.3, 0.4) is 0 Å². The zero-order valence-corrected chi connectivity index (χ0v) is 13.4. The van der Waals surface area contributed by atoms with Crippen molar-refractivity contribution in [3.63, 3.8) is 0 Å². The Hall–Kier alpha value is -1.66. The van der Waals surface area contributed by atoms with Crippen LogP contribution in [-0.2, 0) is 10.5 Å². The molecule has 6 heteroatoms. The van der Waals surface area contributed by atoms with Gasteiger partial charge in [-0.1, -0.05) is 18.2 Å². The van der Waals surface area contributed by atoms with Gasteiger partial charge in [-0.25, -0.2) is 9.78 Å². The molecule has 0 fully saturated rings. The van der Waals surface area contributed by atoms with Crippen LogP contribution in [0.25, 0.3) is 0 Å². The minimum atomic E-state index is -0.532. The van der Waals surface area contributed by atoms with Crippen molar-refractivity contribution < 1.29 is 14.3 Å². The van der Waals surface area contributed by atoms with Gasteiger partial charge in [0.2, 0.25) is 0 Å². The highest BCUT2D eigenvalue weighted by atomic mass is 32.2. The molecule has 4 nitrogen and oxygen atoms in total. The second-order valence-electron chi connectivity index (χ2n) is 4.16. The van der Waals surface area contributed by atoms with Crippen molar-refractivity contribution >= 4 is 34.9 Å². The van der Waals surface area contributed by atoms with Gasteiger partial charge in [0, 0.05) is 11.8 Å². The first-order valence-corrected chi connectivity index (χ1v) is 8.27. The molecule has 0 aliphatic rings. The molecule has 0 saturated carbocycles. The quantitative estimate of drug-likeness (QED) is 0.460. The fourth-order valence-electron chi connectivity index (χ4n) is 1.66. The fraction of sp³-hybridized carbons (Fsp3) is 0.267. The van der Waals surface area contributed by atoms with E-state index >= 15 is 0 Å². The Morgan fingerprint density at radius 3 is 2.62 bits per heavy atom. The topological polar surface area (TPSA) is 56.3 Å². The number of Topliss-reactive ketones (excluding diaryl/α,β-unsaturated/α-hetero) is 1. The third-order valence-corrected chi connectivity index (χ3v) is 4.93. The van der Waals surface area contributed by atoms with E-state index in [4.69, 9.17) is 4.74 Å². The SMILES string of the molecule is CCOC(=O)c1nc(CSc2ccccc2)sc1C(C)=O. The standard InChI is InChI=1S/C15H15NO3S2/c1-3-19-15(18)13-14(10(2)17)21-12(16-13)9-20-11-7-5-4-6-8-11/h4-8H,3,9H2,1-2H3. The molecular weight excluding hydrogens is 306 g/mol. The Morgan fingerprint density at radius 1 is 1.29 bits per heavy atom. The molecule has 110 valence electrons. The zero-order chi connectivity index (χ0) is 15.2. The van der Waals surface area contributed by atoms with Crippen LogP contribution in [0.2, 0.25) is 0 Å². The average Bonchev–Trinajstić information content (AvgIpc) is 2.91. The fourth-order valence-corrected chi connectivity index (χ4v) is 3.52. The number of thioether (sulfide) groups is 1. The predicted molar refractivity (Wildman–Crippen MR) is 84.1 cm³/mol. The van der Waals surface area contributed by atoms with E-state index in [1.807, 2.05) is 30.3 Å². The first-order valence-electron chi connectivity index (χ1n) is 6.47. The van der Waals surface area contributed by atoms with Gasteiger partial charge in [0.15, 0.2) is 11.5 Å². The van der Waals surface area contributed by atoms with Crippen LogP contribution < -0.4 is 0 Å². The van der Waals surface area contributed by atoms with E-state index in [1.165, 1.54) is 18.3 Å². The lowest BCUT2D eigenvalue weighted by Gasteiger charge is -1.99. The van der Waals surface area contributed by atoms with E-state index in [9.17, 15) is 9.59 Å². The molecule has 0 atom stereocenters. The number of nitrogens with zero attached hydrogens (tertiary/aromatic N) is 1. The lowest BCUT2D eigenvalue weighted by atomic mass is 10.3. The Bertz CT molecular complexity index is 638. The average molecular weight is 321 g/mol. The molecule has 1 aromatic heterocycles. The summed E-state index contributed by atoms with van der Waals surface area (Å²) in [6, 6.07) is 9.91. The Morgan fingerprint density at radius 2 is 2.00 bits per heavy atom. The summed E-state index contributed by atoms with van der Waals surface area (Å²) in [5.41, 5.74) is 0.137. The molecule has 0 bridgehead atoms. The molecule has 0 spiro atoms. The van der Waals surface area contributed by atoms with E-state index in [1.54, 1.807) is 18.7 Å². The highest BCUT2D eigenvalue weighted by Gasteiger charge is 2.22. The van der Waals surface area contributed by atoms with E-state index in [0.29, 0.717) is 10.6 Å². The first kappa shape index (κ1) is 15.7. The predicted octanol–water partition coefficient (Wildman–Crippen LogP) is 3.81. The molecule has 1 aromatic carbocycles. The van der Waals surface area contributed by atoms with Crippen molar-refractivity contribution in [1.29, 1.82) is 0 Å². The number of rotatable bonds is 6. The molecular formula is C15H15NO3S2. The molecule has 2 aromatic rings. The number of hydrogen-bond donors (Lipinski definition) is 0. The molecule has 0 unspecified atom stereocenters. The largest absolute Gasteiger partial charge is 0.461 e. The van der Waals surface area contributed by atoms with Crippen molar-refractivity contribution in [2.45, 2.75) is 24.5 Å². The molecule has 2 rings (SSSR count). The number of ether oxygens (including phenoxy) is 1. The molecule has 0 radical (unpaired) electrons. The van der Waals surface area contributed by atoms with E-state index < -0.39 is 5.97 Å². The van der Waals surface area contributed by atoms with Crippen LogP contribution >= 0.6 is 23.1 Å². The van der Waals surface area contributed by atoms with Crippen molar-refractivity contribution in [3.05, 3.63) is 45.9 Å². The van der Waals surface area contributed by atoms with Crippen LogP contribution in [-0.4, -0.2) is 23.3 Å². The maximum absolute atomic E-state index is 11.8. The zero-order valence-electron chi connectivity index (χ0n) is 11.8. The molecule has 0 saturated heterocycles. The van der Waals surface area contributed by atoms with E-state index in [0.717, 1.165) is 9.90 Å². The van der Waals surface area contributed by atoms with Gasteiger partial charge in [-0.3, -0.25) is 4.79 Å². The highest BCUT2D eigenvalue weighted by molar-refractivity contribution is 7.98. The highest BCUT2D eigenvalue weighted by Crippen LogP contribution is 2.27. The summed E-state index contributed by atoms with van der Waals surface area (Å²) in [5.74, 6) is -0.0737. The minimum Gasteiger partial charge on any atom is -0.461 e. The molecule has 0 aliphatic heterocycles. The van der Waals surface area contributed by atoms with Gasteiger partial charge >= 0.3 is 5.97 Å². The molecule has 21 heavy (non-hydrogen) atoms. The number of ketones is 1. The van der Waals surface area contributed by atoms with Crippen molar-refractivity contribution in [3.8, 4) is 0 Å². The van der Waals surface area contributed by atoms with Crippen molar-refractivity contribution in [2.24, 2.45) is 0 Å². The maximum atomic E-state index is 11.8. The second kappa shape index (κ2) is 7.38. The smallest absolute Gasteiger partial charge is 0.358 e. The third kappa shape index (κ3) is 4.15. The van der Waals surface area contributed by atoms with Gasteiger partial charge in [0.25, 0.3) is 0 Å². The number of carbonyl (C=O) groups is 2. The van der Waals surface area contributed by atoms with Gasteiger partial charge in [-0.05, 0) is 19.1 Å². The summed E-state index contributed by atoms with van der Waals surface area (Å²) in [7, 11) is 0. The Balaban J connectivity index is 2.15. The summed E-state index contributed by atoms with van der Waals surface area (Å²) < 4.78 is 4.94. The van der Waals surface area contributed by atoms with E-state index in [-0.39, 0.29) is 18.1 Å². The summed E-state index contributed by atoms with van der Waals surface area (Å²) >= 11 is 2.88. The number of hydrogen-bond acceptors (Lipinski definition) is 6. The molecule has 1 heterocycles. The lowest BCUT2D eigenvalue weighted by Crippen LogP contribution is -2.09. The van der Waals surface area contributed by atoms with Crippen LogP contribution in [0, 0.1) is 0 Å². The summed E-state index contributed by atoms with van der Waals surface area (Å²) in [5, 5.41) is 0.747. The Labute approximate surface area is 131 Å². The second-order valence-corrected chi connectivity index (χ2v) is 6.30. The summed E-state index contributed by atoms with van der Waals surface area (Å²) in [6.07, 6.45) is 0. The lowest BCUT2D eigenvalue weighted by molar-refractivity contribution is 0.0517. The van der Waals surface area contributed by atoms with Crippen molar-refractivity contribution in [1.82, 2.24) is 4.98 Å². The first-order chi connectivity index (χ1) is 10.1. The summed E-state index contributed by atoms with van der Waals surface area (Å²) in [6.45, 7) is 3.43. The van der Waals surface area contributed by atoms with Gasteiger partial charge < -0.3 is 4.74 Å². The monoisotopic (exact) mass is 321 g/mol. The number of benzene rings is 1. The maximum Gasteiger partial charge on any atom is 0.358 e. The Kier molecular flexibility index (Phi) is 5.52. The number of thiazole rings is 1. The van der Waals surface area contributed by atoms with Crippen molar-refractivity contribution in [2.75, 3.05) is 6.61 Å². The van der Waals surface area contributed by atoms with Crippen LogP contribution in [0.15, 0.2) is 35.2 Å². The van der Waals surface area contributed by atoms with Gasteiger partial charge in [0.1, 0.15) is 9.88 Å². The van der Waals surface area contributed by atoms with Crippen LogP contribution in [0.1, 0.15) is 39.0 Å². The van der Waals surface area contributed by atoms with Gasteiger partial charge in [0.05, 0.1) is 12.4 Å².